The fraction of sp³-hybridized carbons (Fsp3) is 0.375. The Labute approximate surface area is 125 Å². The molecular formula is C16H19ClN2O. The second kappa shape index (κ2) is 6.71. The van der Waals surface area contributed by atoms with Gasteiger partial charge in [-0.3, -0.25) is 0 Å². The number of aromatic nitrogens is 2. The Morgan fingerprint density at radius 2 is 1.80 bits per heavy atom. The zero-order chi connectivity index (χ0) is 14.5. The van der Waals surface area contributed by atoms with Crippen LogP contribution in [-0.2, 0) is 6.42 Å². The van der Waals surface area contributed by atoms with Crippen molar-refractivity contribution in [3.8, 4) is 17.0 Å². The smallest absolute Gasteiger partial charge is 0.136 e. The summed E-state index contributed by atoms with van der Waals surface area (Å²) in [6.07, 6.45) is 1.77. The number of nitrogens with zero attached hydrogens (tertiary/aromatic N) is 2. The number of hydrogen-bond donors (Lipinski definition) is 0. The first-order chi connectivity index (χ1) is 9.65. The molecule has 0 atom stereocenters. The van der Waals surface area contributed by atoms with Gasteiger partial charge in [0.1, 0.15) is 16.7 Å². The largest absolute Gasteiger partial charge is 0.494 e. The molecule has 0 saturated carbocycles. The highest BCUT2D eigenvalue weighted by molar-refractivity contribution is 6.30. The Balaban J connectivity index is 2.33. The third kappa shape index (κ3) is 3.28. The van der Waals surface area contributed by atoms with E-state index in [0.29, 0.717) is 5.15 Å². The summed E-state index contributed by atoms with van der Waals surface area (Å²) in [4.78, 5) is 8.84. The van der Waals surface area contributed by atoms with Crippen molar-refractivity contribution in [2.75, 3.05) is 6.61 Å². The van der Waals surface area contributed by atoms with E-state index in [1.165, 1.54) is 0 Å². The van der Waals surface area contributed by atoms with E-state index in [1.54, 1.807) is 0 Å². The van der Waals surface area contributed by atoms with E-state index >= 15 is 0 Å². The number of rotatable bonds is 5. The molecular weight excluding hydrogens is 272 g/mol. The van der Waals surface area contributed by atoms with Crippen molar-refractivity contribution in [3.63, 3.8) is 0 Å². The monoisotopic (exact) mass is 290 g/mol. The highest BCUT2D eigenvalue weighted by atomic mass is 35.5. The van der Waals surface area contributed by atoms with Gasteiger partial charge in [0.2, 0.25) is 0 Å². The molecule has 0 aliphatic heterocycles. The van der Waals surface area contributed by atoms with Gasteiger partial charge < -0.3 is 4.74 Å². The van der Waals surface area contributed by atoms with Gasteiger partial charge in [-0.25, -0.2) is 9.97 Å². The number of aryl methyl sites for hydroxylation is 1. The van der Waals surface area contributed by atoms with Gasteiger partial charge >= 0.3 is 0 Å². The summed E-state index contributed by atoms with van der Waals surface area (Å²) in [6, 6.07) is 7.95. The molecule has 0 aliphatic carbocycles. The summed E-state index contributed by atoms with van der Waals surface area (Å²) in [5.74, 6) is 1.64. The fourth-order valence-corrected chi connectivity index (χ4v) is 2.09. The molecule has 0 aliphatic rings. The van der Waals surface area contributed by atoms with Crippen molar-refractivity contribution in [3.05, 3.63) is 40.8 Å². The molecule has 106 valence electrons. The average Bonchev–Trinajstić information content (AvgIpc) is 2.48. The molecule has 1 heterocycles. The summed E-state index contributed by atoms with van der Waals surface area (Å²) in [7, 11) is 0. The summed E-state index contributed by atoms with van der Waals surface area (Å²) in [5.41, 5.74) is 2.83. The van der Waals surface area contributed by atoms with E-state index in [4.69, 9.17) is 16.3 Å². The number of halogens is 1. The first kappa shape index (κ1) is 14.8. The van der Waals surface area contributed by atoms with Crippen LogP contribution in [0.15, 0.2) is 24.3 Å². The normalized spacial score (nSPS) is 10.6. The van der Waals surface area contributed by atoms with Crippen molar-refractivity contribution in [1.29, 1.82) is 0 Å². The van der Waals surface area contributed by atoms with Crippen LogP contribution in [0.1, 0.15) is 31.7 Å². The van der Waals surface area contributed by atoms with Gasteiger partial charge in [-0.05, 0) is 37.6 Å². The van der Waals surface area contributed by atoms with Crippen LogP contribution in [0.5, 0.6) is 5.75 Å². The molecule has 0 radical (unpaired) electrons. The zero-order valence-corrected chi connectivity index (χ0v) is 12.9. The third-order valence-electron chi connectivity index (χ3n) is 3.05. The van der Waals surface area contributed by atoms with Crippen LogP contribution in [0.3, 0.4) is 0 Å². The van der Waals surface area contributed by atoms with Gasteiger partial charge in [0.05, 0.1) is 12.3 Å². The van der Waals surface area contributed by atoms with E-state index in [2.05, 4.69) is 16.9 Å². The molecule has 0 N–H and O–H groups in total. The lowest BCUT2D eigenvalue weighted by molar-refractivity contribution is 0.317. The molecule has 2 aromatic rings. The zero-order valence-electron chi connectivity index (χ0n) is 12.1. The fourth-order valence-electron chi connectivity index (χ4n) is 1.90. The van der Waals surface area contributed by atoms with Gasteiger partial charge in [-0.15, -0.1) is 0 Å². The SMILES string of the molecule is CCCOc1ccc(-c2nc(CC)nc(Cl)c2C)cc1. The molecule has 20 heavy (non-hydrogen) atoms. The molecule has 0 fully saturated rings. The van der Waals surface area contributed by atoms with Crippen LogP contribution in [0.4, 0.5) is 0 Å². The Kier molecular flexibility index (Phi) is 4.96. The summed E-state index contributed by atoms with van der Waals surface area (Å²) in [6.45, 7) is 6.79. The summed E-state index contributed by atoms with van der Waals surface area (Å²) in [5, 5.41) is 0.526. The minimum absolute atomic E-state index is 0.526. The molecule has 1 aromatic carbocycles. The first-order valence-electron chi connectivity index (χ1n) is 6.92. The van der Waals surface area contributed by atoms with Gasteiger partial charge in [0.25, 0.3) is 0 Å². The topological polar surface area (TPSA) is 35.0 Å². The maximum atomic E-state index is 6.17. The maximum Gasteiger partial charge on any atom is 0.136 e. The molecule has 3 nitrogen and oxygen atoms in total. The molecule has 0 saturated heterocycles. The van der Waals surface area contributed by atoms with Crippen LogP contribution in [-0.4, -0.2) is 16.6 Å². The molecule has 0 bridgehead atoms. The second-order valence-electron chi connectivity index (χ2n) is 4.63. The van der Waals surface area contributed by atoms with Crippen molar-refractivity contribution >= 4 is 11.6 Å². The van der Waals surface area contributed by atoms with E-state index in [0.717, 1.165) is 47.8 Å². The average molecular weight is 291 g/mol. The summed E-state index contributed by atoms with van der Waals surface area (Å²) < 4.78 is 5.59. The van der Waals surface area contributed by atoms with Crippen LogP contribution in [0.25, 0.3) is 11.3 Å². The van der Waals surface area contributed by atoms with Crippen molar-refractivity contribution < 1.29 is 4.74 Å². The van der Waals surface area contributed by atoms with Crippen molar-refractivity contribution in [1.82, 2.24) is 9.97 Å². The number of benzene rings is 1. The van der Waals surface area contributed by atoms with Crippen LogP contribution in [0, 0.1) is 6.92 Å². The standard InChI is InChI=1S/C16H19ClN2O/c1-4-10-20-13-8-6-12(7-9-13)15-11(3)16(17)19-14(5-2)18-15/h6-9H,4-5,10H2,1-3H3. The lowest BCUT2D eigenvalue weighted by atomic mass is 10.1. The highest BCUT2D eigenvalue weighted by Gasteiger charge is 2.10. The highest BCUT2D eigenvalue weighted by Crippen LogP contribution is 2.27. The number of ether oxygens (including phenoxy) is 1. The van der Waals surface area contributed by atoms with Gasteiger partial charge in [0.15, 0.2) is 0 Å². The molecule has 2 rings (SSSR count). The minimum Gasteiger partial charge on any atom is -0.494 e. The van der Waals surface area contributed by atoms with E-state index in [1.807, 2.05) is 38.1 Å². The Morgan fingerprint density at radius 1 is 1.10 bits per heavy atom. The minimum atomic E-state index is 0.526. The molecule has 0 unspecified atom stereocenters. The maximum absolute atomic E-state index is 6.17. The van der Waals surface area contributed by atoms with Crippen molar-refractivity contribution in [2.45, 2.75) is 33.6 Å². The molecule has 1 aromatic heterocycles. The van der Waals surface area contributed by atoms with E-state index in [9.17, 15) is 0 Å². The third-order valence-corrected chi connectivity index (χ3v) is 3.42. The van der Waals surface area contributed by atoms with Crippen LogP contribution < -0.4 is 4.74 Å². The first-order valence-corrected chi connectivity index (χ1v) is 7.29. The molecule has 0 amide bonds. The van der Waals surface area contributed by atoms with Crippen LogP contribution in [0.2, 0.25) is 5.15 Å². The molecule has 0 spiro atoms. The van der Waals surface area contributed by atoms with Gasteiger partial charge in [-0.1, -0.05) is 25.4 Å². The van der Waals surface area contributed by atoms with Crippen LogP contribution >= 0.6 is 11.6 Å². The summed E-state index contributed by atoms with van der Waals surface area (Å²) >= 11 is 6.17. The van der Waals surface area contributed by atoms with E-state index < -0.39 is 0 Å². The second-order valence-corrected chi connectivity index (χ2v) is 4.99. The molecule has 4 heteroatoms. The van der Waals surface area contributed by atoms with E-state index in [-0.39, 0.29) is 0 Å². The Bertz CT molecular complexity index is 582. The Hall–Kier alpha value is -1.61. The van der Waals surface area contributed by atoms with Gasteiger partial charge in [-0.2, -0.15) is 0 Å². The van der Waals surface area contributed by atoms with Gasteiger partial charge in [0, 0.05) is 17.5 Å². The lowest BCUT2D eigenvalue weighted by Crippen LogP contribution is -2.00. The quantitative estimate of drug-likeness (QED) is 0.763. The predicted molar refractivity (Wildman–Crippen MR) is 82.4 cm³/mol. The Morgan fingerprint density at radius 3 is 2.40 bits per heavy atom. The predicted octanol–water partition coefficient (Wildman–Crippen LogP) is 4.46. The lowest BCUT2D eigenvalue weighted by Gasteiger charge is -2.10. The van der Waals surface area contributed by atoms with Crippen molar-refractivity contribution in [2.24, 2.45) is 0 Å². The number of hydrogen-bond acceptors (Lipinski definition) is 3.